The van der Waals surface area contributed by atoms with Crippen LogP contribution < -0.4 is 19.7 Å². The van der Waals surface area contributed by atoms with Crippen molar-refractivity contribution in [1.29, 1.82) is 0 Å². The fraction of sp³-hybridized carbons (Fsp3) is 0.391. The van der Waals surface area contributed by atoms with Crippen LogP contribution in [-0.4, -0.2) is 57.4 Å². The molecule has 1 saturated heterocycles. The van der Waals surface area contributed by atoms with E-state index in [1.807, 2.05) is 0 Å². The van der Waals surface area contributed by atoms with Gasteiger partial charge in [-0.15, -0.1) is 0 Å². The van der Waals surface area contributed by atoms with Gasteiger partial charge in [-0.25, -0.2) is 8.42 Å². The molecule has 0 saturated carbocycles. The van der Waals surface area contributed by atoms with E-state index in [2.05, 4.69) is 5.32 Å². The SMILES string of the molecule is O=C(CN1C(=O)CCc2cc(S(=O)(=O)N3CCCC3)ccc21)Nc1ccc2c(c1)OCCO2. The summed E-state index contributed by atoms with van der Waals surface area (Å²) in [5.41, 5.74) is 1.87. The van der Waals surface area contributed by atoms with Crippen molar-refractivity contribution >= 4 is 33.2 Å². The Morgan fingerprint density at radius 3 is 2.52 bits per heavy atom. The van der Waals surface area contributed by atoms with E-state index < -0.39 is 10.0 Å². The van der Waals surface area contributed by atoms with Gasteiger partial charge >= 0.3 is 0 Å². The quantitative estimate of drug-likeness (QED) is 0.717. The summed E-state index contributed by atoms with van der Waals surface area (Å²) in [5, 5.41) is 2.79. The molecule has 2 aromatic carbocycles. The van der Waals surface area contributed by atoms with Gasteiger partial charge in [0, 0.05) is 37.0 Å². The van der Waals surface area contributed by atoms with Gasteiger partial charge in [-0.2, -0.15) is 4.31 Å². The Kier molecular flexibility index (Phi) is 5.71. The minimum absolute atomic E-state index is 0.168. The summed E-state index contributed by atoms with van der Waals surface area (Å²) in [6, 6.07) is 9.93. The average Bonchev–Trinajstić information content (AvgIpc) is 3.36. The fourth-order valence-electron chi connectivity index (χ4n) is 4.41. The molecule has 1 N–H and O–H groups in total. The summed E-state index contributed by atoms with van der Waals surface area (Å²) in [6.07, 6.45) is 2.39. The molecule has 174 valence electrons. The monoisotopic (exact) mass is 471 g/mol. The lowest BCUT2D eigenvalue weighted by Gasteiger charge is -2.29. The van der Waals surface area contributed by atoms with E-state index in [0.717, 1.165) is 18.4 Å². The molecular weight excluding hydrogens is 446 g/mol. The summed E-state index contributed by atoms with van der Waals surface area (Å²) in [4.78, 5) is 27.0. The van der Waals surface area contributed by atoms with Gasteiger partial charge in [0.05, 0.1) is 4.90 Å². The number of benzene rings is 2. The molecule has 9 nitrogen and oxygen atoms in total. The maximum atomic E-state index is 12.9. The number of ether oxygens (including phenoxy) is 2. The predicted octanol–water partition coefficient (Wildman–Crippen LogP) is 2.16. The molecule has 0 aromatic heterocycles. The van der Waals surface area contributed by atoms with Crippen LogP contribution in [-0.2, 0) is 26.0 Å². The zero-order valence-electron chi connectivity index (χ0n) is 18.1. The summed E-state index contributed by atoms with van der Waals surface area (Å²) >= 11 is 0. The van der Waals surface area contributed by atoms with Crippen molar-refractivity contribution in [3.05, 3.63) is 42.0 Å². The second-order valence-electron chi connectivity index (χ2n) is 8.29. The van der Waals surface area contributed by atoms with E-state index in [4.69, 9.17) is 9.47 Å². The smallest absolute Gasteiger partial charge is 0.244 e. The van der Waals surface area contributed by atoms with Gasteiger partial charge in [-0.05, 0) is 55.2 Å². The lowest BCUT2D eigenvalue weighted by Crippen LogP contribution is -2.41. The van der Waals surface area contributed by atoms with Gasteiger partial charge < -0.3 is 19.7 Å². The van der Waals surface area contributed by atoms with Crippen LogP contribution in [0, 0.1) is 0 Å². The highest BCUT2D eigenvalue weighted by Crippen LogP contribution is 2.34. The van der Waals surface area contributed by atoms with Crippen molar-refractivity contribution in [2.75, 3.05) is 43.1 Å². The fourth-order valence-corrected chi connectivity index (χ4v) is 5.98. The highest BCUT2D eigenvalue weighted by Gasteiger charge is 2.31. The second kappa shape index (κ2) is 8.68. The van der Waals surface area contributed by atoms with Crippen LogP contribution in [0.5, 0.6) is 11.5 Å². The van der Waals surface area contributed by atoms with Gasteiger partial charge in [-0.1, -0.05) is 0 Å². The standard InChI is InChI=1S/C23H25N3O6S/c27-22(24-17-4-7-20-21(14-17)32-12-11-31-20)15-26-19-6-5-18(13-16(19)3-8-23(26)28)33(29,30)25-9-1-2-10-25/h4-7,13-14H,1-3,8-12,15H2,(H,24,27). The number of hydrogen-bond acceptors (Lipinski definition) is 6. The largest absolute Gasteiger partial charge is 0.486 e. The Hall–Kier alpha value is -3.11. The van der Waals surface area contributed by atoms with Crippen LogP contribution in [0.3, 0.4) is 0 Å². The summed E-state index contributed by atoms with van der Waals surface area (Å²) < 4.78 is 38.4. The Balaban J connectivity index is 1.33. The normalized spacial score (nSPS) is 18.2. The van der Waals surface area contributed by atoms with Crippen LogP contribution in [0.4, 0.5) is 11.4 Å². The van der Waals surface area contributed by atoms with Gasteiger partial charge in [0.2, 0.25) is 21.8 Å². The van der Waals surface area contributed by atoms with Crippen LogP contribution in [0.15, 0.2) is 41.3 Å². The maximum absolute atomic E-state index is 12.9. The van der Waals surface area contributed by atoms with Crippen LogP contribution in [0.1, 0.15) is 24.8 Å². The molecule has 0 radical (unpaired) electrons. The number of amides is 2. The lowest BCUT2D eigenvalue weighted by atomic mass is 10.0. The first-order chi connectivity index (χ1) is 15.9. The number of nitrogens with zero attached hydrogens (tertiary/aromatic N) is 2. The third kappa shape index (κ3) is 4.28. The molecule has 3 heterocycles. The molecule has 1 fully saturated rings. The third-order valence-corrected chi connectivity index (χ3v) is 7.98. The minimum atomic E-state index is -3.55. The van der Waals surface area contributed by atoms with Gasteiger partial charge in [0.15, 0.2) is 11.5 Å². The summed E-state index contributed by atoms with van der Waals surface area (Å²) in [5.74, 6) is 0.654. The van der Waals surface area contributed by atoms with Crippen molar-refractivity contribution < 1.29 is 27.5 Å². The van der Waals surface area contributed by atoms with Gasteiger partial charge in [0.25, 0.3) is 0 Å². The third-order valence-electron chi connectivity index (χ3n) is 6.08. The van der Waals surface area contributed by atoms with E-state index in [9.17, 15) is 18.0 Å². The van der Waals surface area contributed by atoms with Crippen LogP contribution in [0.2, 0.25) is 0 Å². The number of rotatable bonds is 5. The number of aryl methyl sites for hydroxylation is 1. The van der Waals surface area contributed by atoms with Crippen LogP contribution >= 0.6 is 0 Å². The minimum Gasteiger partial charge on any atom is -0.486 e. The van der Waals surface area contributed by atoms with Crippen molar-refractivity contribution in [2.24, 2.45) is 0 Å². The zero-order valence-corrected chi connectivity index (χ0v) is 18.9. The molecule has 0 spiro atoms. The molecule has 33 heavy (non-hydrogen) atoms. The summed E-state index contributed by atoms with van der Waals surface area (Å²) in [7, 11) is -3.55. The number of carbonyl (C=O) groups is 2. The number of anilines is 2. The molecule has 3 aliphatic rings. The molecule has 0 bridgehead atoms. The highest BCUT2D eigenvalue weighted by atomic mass is 32.2. The first-order valence-corrected chi connectivity index (χ1v) is 12.5. The Morgan fingerprint density at radius 2 is 1.73 bits per heavy atom. The van der Waals surface area contributed by atoms with E-state index in [1.165, 1.54) is 15.3 Å². The molecule has 2 aromatic rings. The van der Waals surface area contributed by atoms with Crippen LogP contribution in [0.25, 0.3) is 0 Å². The highest BCUT2D eigenvalue weighted by molar-refractivity contribution is 7.89. The Morgan fingerprint density at radius 1 is 0.970 bits per heavy atom. The first-order valence-electron chi connectivity index (χ1n) is 11.0. The molecule has 0 unspecified atom stereocenters. The van der Waals surface area contributed by atoms with Crippen molar-refractivity contribution in [3.8, 4) is 11.5 Å². The number of sulfonamides is 1. The molecule has 2 amide bonds. The van der Waals surface area contributed by atoms with Gasteiger partial charge in [0.1, 0.15) is 19.8 Å². The zero-order chi connectivity index (χ0) is 23.0. The average molecular weight is 472 g/mol. The topological polar surface area (TPSA) is 105 Å². The van der Waals surface area contributed by atoms with E-state index in [1.54, 1.807) is 30.3 Å². The number of carbonyl (C=O) groups excluding carboxylic acids is 2. The first kappa shape index (κ1) is 21.7. The predicted molar refractivity (Wildman–Crippen MR) is 121 cm³/mol. The van der Waals surface area contributed by atoms with Crippen molar-refractivity contribution in [1.82, 2.24) is 4.31 Å². The molecule has 0 atom stereocenters. The number of fused-ring (bicyclic) bond motifs is 2. The van der Waals surface area contributed by atoms with Crippen molar-refractivity contribution in [3.63, 3.8) is 0 Å². The van der Waals surface area contributed by atoms with Crippen molar-refractivity contribution in [2.45, 2.75) is 30.6 Å². The van der Waals surface area contributed by atoms with Gasteiger partial charge in [-0.3, -0.25) is 9.59 Å². The molecular formula is C23H25N3O6S. The Labute approximate surface area is 192 Å². The van der Waals surface area contributed by atoms with E-state index >= 15 is 0 Å². The number of nitrogens with one attached hydrogen (secondary N) is 1. The lowest BCUT2D eigenvalue weighted by molar-refractivity contribution is -0.121. The Bertz CT molecular complexity index is 1210. The second-order valence-corrected chi connectivity index (χ2v) is 10.2. The molecule has 5 rings (SSSR count). The van der Waals surface area contributed by atoms with E-state index in [-0.39, 0.29) is 29.7 Å². The molecule has 0 aliphatic carbocycles. The van der Waals surface area contributed by atoms with E-state index in [0.29, 0.717) is 55.6 Å². The summed E-state index contributed by atoms with van der Waals surface area (Å²) in [6.45, 7) is 1.82. The molecule has 10 heteroatoms. The molecule has 3 aliphatic heterocycles. The maximum Gasteiger partial charge on any atom is 0.244 e. The number of hydrogen-bond donors (Lipinski definition) is 1.